The standard InChI is InChI=1S/C15H12BrN3O2/c1-20-14-7-13-11(6-12(14)16)15(19-8-18-13)21-10-4-2-9(17)3-5-10/h2-8H,17H2,1H3. The van der Waals surface area contributed by atoms with Crippen LogP contribution in [0.3, 0.4) is 0 Å². The van der Waals surface area contributed by atoms with Crippen LogP contribution in [0.5, 0.6) is 17.4 Å². The van der Waals surface area contributed by atoms with Crippen LogP contribution < -0.4 is 15.2 Å². The number of anilines is 1. The molecule has 0 aliphatic rings. The second-order valence-corrected chi connectivity index (χ2v) is 5.21. The van der Waals surface area contributed by atoms with E-state index in [-0.39, 0.29) is 0 Å². The Bertz CT molecular complexity index is 791. The van der Waals surface area contributed by atoms with Gasteiger partial charge in [-0.25, -0.2) is 9.97 Å². The van der Waals surface area contributed by atoms with Crippen molar-refractivity contribution in [2.45, 2.75) is 0 Å². The van der Waals surface area contributed by atoms with Crippen molar-refractivity contribution >= 4 is 32.5 Å². The van der Waals surface area contributed by atoms with Gasteiger partial charge in [-0.15, -0.1) is 0 Å². The van der Waals surface area contributed by atoms with Crippen molar-refractivity contribution < 1.29 is 9.47 Å². The van der Waals surface area contributed by atoms with E-state index in [0.717, 1.165) is 15.4 Å². The van der Waals surface area contributed by atoms with Crippen molar-refractivity contribution in [2.75, 3.05) is 12.8 Å². The zero-order chi connectivity index (χ0) is 14.8. The highest BCUT2D eigenvalue weighted by molar-refractivity contribution is 9.10. The molecule has 106 valence electrons. The number of nitrogens with zero attached hydrogens (tertiary/aromatic N) is 2. The Labute approximate surface area is 129 Å². The van der Waals surface area contributed by atoms with Gasteiger partial charge < -0.3 is 15.2 Å². The van der Waals surface area contributed by atoms with Gasteiger partial charge in [-0.2, -0.15) is 0 Å². The number of hydrogen-bond donors (Lipinski definition) is 1. The molecule has 3 rings (SSSR count). The van der Waals surface area contributed by atoms with Crippen molar-refractivity contribution in [2.24, 2.45) is 0 Å². The highest BCUT2D eigenvalue weighted by Gasteiger charge is 2.10. The Balaban J connectivity index is 2.06. The molecule has 0 unspecified atom stereocenters. The molecule has 0 bridgehead atoms. The summed E-state index contributed by atoms with van der Waals surface area (Å²) >= 11 is 3.45. The molecule has 21 heavy (non-hydrogen) atoms. The highest BCUT2D eigenvalue weighted by Crippen LogP contribution is 2.34. The maximum atomic E-state index is 5.81. The van der Waals surface area contributed by atoms with Gasteiger partial charge in [-0.3, -0.25) is 0 Å². The zero-order valence-corrected chi connectivity index (χ0v) is 12.8. The van der Waals surface area contributed by atoms with Crippen LogP contribution in [0.2, 0.25) is 0 Å². The lowest BCUT2D eigenvalue weighted by Gasteiger charge is -2.09. The molecule has 3 aromatic rings. The van der Waals surface area contributed by atoms with E-state index in [1.54, 1.807) is 31.4 Å². The molecule has 0 aliphatic carbocycles. The fraction of sp³-hybridized carbons (Fsp3) is 0.0667. The molecule has 0 saturated heterocycles. The Morgan fingerprint density at radius 2 is 1.86 bits per heavy atom. The summed E-state index contributed by atoms with van der Waals surface area (Å²) in [5.74, 6) is 1.85. The summed E-state index contributed by atoms with van der Waals surface area (Å²) in [5, 5.41) is 0.794. The first-order valence-electron chi connectivity index (χ1n) is 6.19. The lowest BCUT2D eigenvalue weighted by Crippen LogP contribution is -1.93. The summed E-state index contributed by atoms with van der Waals surface area (Å²) in [6.45, 7) is 0. The van der Waals surface area contributed by atoms with E-state index in [1.165, 1.54) is 6.33 Å². The van der Waals surface area contributed by atoms with Crippen molar-refractivity contribution in [1.82, 2.24) is 9.97 Å². The van der Waals surface area contributed by atoms with Gasteiger partial charge in [0.1, 0.15) is 17.8 Å². The second-order valence-electron chi connectivity index (χ2n) is 4.35. The molecular weight excluding hydrogens is 334 g/mol. The van der Waals surface area contributed by atoms with Gasteiger partial charge in [0, 0.05) is 11.8 Å². The van der Waals surface area contributed by atoms with Crippen LogP contribution in [0, 0.1) is 0 Å². The Kier molecular flexibility index (Phi) is 3.62. The first kappa shape index (κ1) is 13.6. The lowest BCUT2D eigenvalue weighted by molar-refractivity contribution is 0.412. The first-order valence-corrected chi connectivity index (χ1v) is 6.98. The quantitative estimate of drug-likeness (QED) is 0.731. The Morgan fingerprint density at radius 1 is 1.10 bits per heavy atom. The summed E-state index contributed by atoms with van der Waals surface area (Å²) < 4.78 is 11.9. The Morgan fingerprint density at radius 3 is 2.57 bits per heavy atom. The smallest absolute Gasteiger partial charge is 0.230 e. The molecule has 0 aliphatic heterocycles. The van der Waals surface area contributed by atoms with E-state index in [1.807, 2.05) is 12.1 Å². The molecule has 2 N–H and O–H groups in total. The number of methoxy groups -OCH3 is 1. The molecular formula is C15H12BrN3O2. The molecule has 0 radical (unpaired) electrons. The van der Waals surface area contributed by atoms with Crippen molar-refractivity contribution in [3.05, 3.63) is 47.2 Å². The molecule has 5 nitrogen and oxygen atoms in total. The zero-order valence-electron chi connectivity index (χ0n) is 11.2. The number of halogens is 1. The predicted octanol–water partition coefficient (Wildman–Crippen LogP) is 3.78. The average molecular weight is 346 g/mol. The van der Waals surface area contributed by atoms with Crippen LogP contribution in [0.4, 0.5) is 5.69 Å². The van der Waals surface area contributed by atoms with Gasteiger partial charge in [0.25, 0.3) is 0 Å². The fourth-order valence-electron chi connectivity index (χ4n) is 1.92. The molecule has 0 atom stereocenters. The summed E-state index contributed by atoms with van der Waals surface area (Å²) in [7, 11) is 1.61. The number of hydrogen-bond acceptors (Lipinski definition) is 5. The van der Waals surface area contributed by atoms with Gasteiger partial charge in [0.05, 0.1) is 22.5 Å². The van der Waals surface area contributed by atoms with Crippen LogP contribution >= 0.6 is 15.9 Å². The van der Waals surface area contributed by atoms with E-state index < -0.39 is 0 Å². The Hall–Kier alpha value is -2.34. The first-order chi connectivity index (χ1) is 10.2. The molecule has 0 saturated carbocycles. The monoisotopic (exact) mass is 345 g/mol. The third kappa shape index (κ3) is 2.75. The molecule has 0 spiro atoms. The fourth-order valence-corrected chi connectivity index (χ4v) is 2.42. The molecule has 6 heteroatoms. The van der Waals surface area contributed by atoms with Gasteiger partial charge in [-0.1, -0.05) is 0 Å². The van der Waals surface area contributed by atoms with E-state index in [9.17, 15) is 0 Å². The van der Waals surface area contributed by atoms with E-state index >= 15 is 0 Å². The van der Waals surface area contributed by atoms with Gasteiger partial charge in [-0.05, 0) is 46.3 Å². The highest BCUT2D eigenvalue weighted by atomic mass is 79.9. The minimum absolute atomic E-state index is 0.480. The van der Waals surface area contributed by atoms with Crippen molar-refractivity contribution in [1.29, 1.82) is 0 Å². The second kappa shape index (κ2) is 5.57. The molecule has 1 heterocycles. The van der Waals surface area contributed by atoms with Crippen molar-refractivity contribution in [3.8, 4) is 17.4 Å². The van der Waals surface area contributed by atoms with E-state index in [4.69, 9.17) is 15.2 Å². The lowest BCUT2D eigenvalue weighted by atomic mass is 10.2. The number of fused-ring (bicyclic) bond motifs is 1. The molecule has 2 aromatic carbocycles. The molecule has 1 aromatic heterocycles. The average Bonchev–Trinajstić information content (AvgIpc) is 2.49. The van der Waals surface area contributed by atoms with Crippen LogP contribution in [0.15, 0.2) is 47.2 Å². The van der Waals surface area contributed by atoms with Crippen LogP contribution in [0.1, 0.15) is 0 Å². The minimum atomic E-state index is 0.480. The third-order valence-corrected chi connectivity index (χ3v) is 3.59. The van der Waals surface area contributed by atoms with Crippen molar-refractivity contribution in [3.63, 3.8) is 0 Å². The predicted molar refractivity (Wildman–Crippen MR) is 84.7 cm³/mol. The maximum absolute atomic E-state index is 5.81. The number of benzene rings is 2. The number of rotatable bonds is 3. The molecule has 0 amide bonds. The summed E-state index contributed by atoms with van der Waals surface area (Å²) in [4.78, 5) is 8.43. The number of ether oxygens (including phenoxy) is 2. The SMILES string of the molecule is COc1cc2ncnc(Oc3ccc(N)cc3)c2cc1Br. The minimum Gasteiger partial charge on any atom is -0.495 e. The van der Waals surface area contributed by atoms with Gasteiger partial charge in [0.2, 0.25) is 5.88 Å². The number of aromatic nitrogens is 2. The largest absolute Gasteiger partial charge is 0.495 e. The third-order valence-electron chi connectivity index (χ3n) is 2.97. The van der Waals surface area contributed by atoms with E-state index in [0.29, 0.717) is 23.1 Å². The summed E-state index contributed by atoms with van der Waals surface area (Å²) in [6, 6.07) is 10.8. The number of nitrogens with two attached hydrogens (primary N) is 1. The normalized spacial score (nSPS) is 10.6. The number of nitrogen functional groups attached to an aromatic ring is 1. The van der Waals surface area contributed by atoms with Crippen LogP contribution in [0.25, 0.3) is 10.9 Å². The van der Waals surface area contributed by atoms with Crippen LogP contribution in [-0.2, 0) is 0 Å². The topological polar surface area (TPSA) is 70.3 Å². The summed E-state index contributed by atoms with van der Waals surface area (Å²) in [6.07, 6.45) is 1.46. The molecule has 0 fully saturated rings. The van der Waals surface area contributed by atoms with E-state index in [2.05, 4.69) is 25.9 Å². The summed E-state index contributed by atoms with van der Waals surface area (Å²) in [5.41, 5.74) is 7.09. The van der Waals surface area contributed by atoms with Gasteiger partial charge >= 0.3 is 0 Å². The van der Waals surface area contributed by atoms with Gasteiger partial charge in [0.15, 0.2) is 0 Å². The maximum Gasteiger partial charge on any atom is 0.230 e. The van der Waals surface area contributed by atoms with Crippen LogP contribution in [-0.4, -0.2) is 17.1 Å².